The summed E-state index contributed by atoms with van der Waals surface area (Å²) in [5.74, 6) is 2.10. The van der Waals surface area contributed by atoms with Gasteiger partial charge in [0.15, 0.2) is 0 Å². The third kappa shape index (κ3) is 2.84. The Balaban J connectivity index is 1.91. The number of carbonyl (C=O) groups is 1. The Morgan fingerprint density at radius 3 is 2.83 bits per heavy atom. The fraction of sp³-hybridized carbons (Fsp3) is 0.353. The number of rotatable bonds is 4. The van der Waals surface area contributed by atoms with Crippen LogP contribution in [0.3, 0.4) is 0 Å². The van der Waals surface area contributed by atoms with Crippen LogP contribution in [0.2, 0.25) is 0 Å². The van der Waals surface area contributed by atoms with Gasteiger partial charge in [-0.2, -0.15) is 0 Å². The number of aliphatic hydroxyl groups is 1. The van der Waals surface area contributed by atoms with Crippen molar-refractivity contribution in [2.45, 2.75) is 26.0 Å². The Morgan fingerprint density at radius 2 is 2.17 bits per heavy atom. The average molecular weight is 326 g/mol. The number of nitrogens with zero attached hydrogens (tertiary/aromatic N) is 4. The standard InChI is InChI=1S/C17H18N4O3/c1-3-4-13(22)10-19-7-8-21-15(16(19)23)6-5-14(17(21)24)20-9-12(2)18-11-20/h1,5-6,9,11,13,22H,4,7-8,10H2,2H3. The van der Waals surface area contributed by atoms with Crippen molar-refractivity contribution in [1.29, 1.82) is 0 Å². The van der Waals surface area contributed by atoms with E-state index in [9.17, 15) is 14.7 Å². The van der Waals surface area contributed by atoms with Gasteiger partial charge in [-0.05, 0) is 19.1 Å². The first-order valence-electron chi connectivity index (χ1n) is 7.67. The molecule has 1 aliphatic rings. The second-order valence-corrected chi connectivity index (χ2v) is 5.80. The van der Waals surface area contributed by atoms with Gasteiger partial charge in [0.25, 0.3) is 11.5 Å². The molecule has 1 atom stereocenters. The number of hydrogen-bond donors (Lipinski definition) is 1. The van der Waals surface area contributed by atoms with E-state index in [1.165, 1.54) is 9.47 Å². The molecule has 0 spiro atoms. The average Bonchev–Trinajstić information content (AvgIpc) is 2.97. The molecule has 0 fully saturated rings. The number of carbonyl (C=O) groups excluding carboxylic acids is 1. The van der Waals surface area contributed by atoms with Crippen LogP contribution in [0.4, 0.5) is 0 Å². The van der Waals surface area contributed by atoms with Crippen molar-refractivity contribution in [2.24, 2.45) is 0 Å². The summed E-state index contributed by atoms with van der Waals surface area (Å²) in [6, 6.07) is 3.25. The van der Waals surface area contributed by atoms with Gasteiger partial charge in [0.1, 0.15) is 11.4 Å². The molecule has 124 valence electrons. The first-order chi connectivity index (χ1) is 11.5. The summed E-state index contributed by atoms with van der Waals surface area (Å²) in [5.41, 5.74) is 1.34. The van der Waals surface area contributed by atoms with Gasteiger partial charge in [-0.15, -0.1) is 12.3 Å². The SMILES string of the molecule is C#CCC(O)CN1CCn2c(ccc(-n3cnc(C)c3)c2=O)C1=O. The summed E-state index contributed by atoms with van der Waals surface area (Å²) in [7, 11) is 0. The summed E-state index contributed by atoms with van der Waals surface area (Å²) in [6.07, 6.45) is 7.94. The van der Waals surface area contributed by atoms with Crippen LogP contribution < -0.4 is 5.56 Å². The third-order valence-electron chi connectivity index (χ3n) is 4.03. The van der Waals surface area contributed by atoms with E-state index >= 15 is 0 Å². The summed E-state index contributed by atoms with van der Waals surface area (Å²) in [5, 5.41) is 9.80. The van der Waals surface area contributed by atoms with Crippen molar-refractivity contribution in [3.63, 3.8) is 0 Å². The van der Waals surface area contributed by atoms with E-state index < -0.39 is 6.10 Å². The van der Waals surface area contributed by atoms with Crippen LogP contribution in [0, 0.1) is 19.3 Å². The summed E-state index contributed by atoms with van der Waals surface area (Å²) >= 11 is 0. The highest BCUT2D eigenvalue weighted by molar-refractivity contribution is 5.93. The molecule has 0 bridgehead atoms. The van der Waals surface area contributed by atoms with Gasteiger partial charge in [-0.3, -0.25) is 9.59 Å². The number of aliphatic hydroxyl groups excluding tert-OH is 1. The zero-order valence-electron chi connectivity index (χ0n) is 13.3. The van der Waals surface area contributed by atoms with Gasteiger partial charge >= 0.3 is 0 Å². The summed E-state index contributed by atoms with van der Waals surface area (Å²) in [6.45, 7) is 2.75. The molecular formula is C17H18N4O3. The van der Waals surface area contributed by atoms with Gasteiger partial charge in [-0.1, -0.05) is 0 Å². The molecule has 0 saturated heterocycles. The van der Waals surface area contributed by atoms with Gasteiger partial charge in [-0.25, -0.2) is 4.98 Å². The maximum absolute atomic E-state index is 12.7. The lowest BCUT2D eigenvalue weighted by molar-refractivity contribution is 0.0569. The van der Waals surface area contributed by atoms with Gasteiger partial charge in [0, 0.05) is 32.3 Å². The molecule has 0 aliphatic carbocycles. The number of fused-ring (bicyclic) bond motifs is 1. The number of hydrogen-bond acceptors (Lipinski definition) is 4. The van der Waals surface area contributed by atoms with Crippen molar-refractivity contribution in [1.82, 2.24) is 19.0 Å². The molecule has 0 aromatic carbocycles. The Labute approximate surface area is 139 Å². The highest BCUT2D eigenvalue weighted by Crippen LogP contribution is 2.14. The van der Waals surface area contributed by atoms with Crippen LogP contribution in [-0.2, 0) is 6.54 Å². The monoisotopic (exact) mass is 326 g/mol. The number of aromatic nitrogens is 3. The highest BCUT2D eigenvalue weighted by Gasteiger charge is 2.27. The second-order valence-electron chi connectivity index (χ2n) is 5.80. The lowest BCUT2D eigenvalue weighted by atomic mass is 10.2. The molecule has 7 nitrogen and oxygen atoms in total. The lowest BCUT2D eigenvalue weighted by Crippen LogP contribution is -2.47. The summed E-state index contributed by atoms with van der Waals surface area (Å²) < 4.78 is 3.12. The number of terminal acetylenes is 1. The molecule has 1 unspecified atom stereocenters. The number of aryl methyl sites for hydroxylation is 1. The molecule has 3 heterocycles. The largest absolute Gasteiger partial charge is 0.390 e. The van der Waals surface area contributed by atoms with Crippen LogP contribution >= 0.6 is 0 Å². The zero-order chi connectivity index (χ0) is 17.3. The van der Waals surface area contributed by atoms with Crippen LogP contribution in [0.25, 0.3) is 5.69 Å². The Kier molecular flexibility index (Phi) is 4.23. The Morgan fingerprint density at radius 1 is 1.38 bits per heavy atom. The van der Waals surface area contributed by atoms with E-state index in [0.29, 0.717) is 24.5 Å². The number of pyridine rings is 1. The minimum absolute atomic E-state index is 0.166. The van der Waals surface area contributed by atoms with Crippen LogP contribution in [0.5, 0.6) is 0 Å². The second kappa shape index (κ2) is 6.34. The third-order valence-corrected chi connectivity index (χ3v) is 4.03. The maximum Gasteiger partial charge on any atom is 0.275 e. The first kappa shape index (κ1) is 16.0. The predicted octanol–water partition coefficient (Wildman–Crippen LogP) is 0.182. The van der Waals surface area contributed by atoms with Gasteiger partial charge < -0.3 is 19.1 Å². The molecular weight excluding hydrogens is 308 g/mol. The van der Waals surface area contributed by atoms with E-state index in [2.05, 4.69) is 10.9 Å². The Bertz CT molecular complexity index is 875. The van der Waals surface area contributed by atoms with E-state index in [1.807, 2.05) is 6.92 Å². The fourth-order valence-corrected chi connectivity index (χ4v) is 2.84. The molecule has 1 N–H and O–H groups in total. The van der Waals surface area contributed by atoms with Crippen molar-refractivity contribution < 1.29 is 9.90 Å². The zero-order valence-corrected chi connectivity index (χ0v) is 13.3. The molecule has 0 saturated carbocycles. The maximum atomic E-state index is 12.7. The first-order valence-corrected chi connectivity index (χ1v) is 7.67. The van der Waals surface area contributed by atoms with Crippen LogP contribution in [0.1, 0.15) is 22.6 Å². The smallest absolute Gasteiger partial charge is 0.275 e. The molecule has 24 heavy (non-hydrogen) atoms. The molecule has 2 aromatic heterocycles. The summed E-state index contributed by atoms with van der Waals surface area (Å²) in [4.78, 5) is 30.9. The van der Waals surface area contributed by atoms with E-state index in [-0.39, 0.29) is 24.4 Å². The molecule has 7 heteroatoms. The van der Waals surface area contributed by atoms with Crippen molar-refractivity contribution >= 4 is 5.91 Å². The van der Waals surface area contributed by atoms with Crippen LogP contribution in [-0.4, -0.2) is 49.2 Å². The number of imidazole rings is 1. The molecule has 1 amide bonds. The minimum Gasteiger partial charge on any atom is -0.390 e. The molecule has 2 aromatic rings. The number of amides is 1. The van der Waals surface area contributed by atoms with Crippen molar-refractivity contribution in [3.8, 4) is 18.0 Å². The molecule has 1 aliphatic heterocycles. The molecule has 0 radical (unpaired) electrons. The van der Waals surface area contributed by atoms with E-state index in [4.69, 9.17) is 6.42 Å². The van der Waals surface area contributed by atoms with Crippen molar-refractivity contribution in [2.75, 3.05) is 13.1 Å². The van der Waals surface area contributed by atoms with E-state index in [1.54, 1.807) is 29.2 Å². The predicted molar refractivity (Wildman–Crippen MR) is 87.9 cm³/mol. The fourth-order valence-electron chi connectivity index (χ4n) is 2.84. The number of β-amino-alcohol motifs (C(OH)–C–C–N with tert-alkyl or cyclic N) is 1. The molecule has 3 rings (SSSR count). The Hall–Kier alpha value is -2.85. The quantitative estimate of drug-likeness (QED) is 0.813. The lowest BCUT2D eigenvalue weighted by Gasteiger charge is -2.31. The van der Waals surface area contributed by atoms with Crippen molar-refractivity contribution in [3.05, 3.63) is 46.4 Å². The van der Waals surface area contributed by atoms with Gasteiger partial charge in [0.2, 0.25) is 0 Å². The normalized spacial score (nSPS) is 15.0. The van der Waals surface area contributed by atoms with Gasteiger partial charge in [0.05, 0.1) is 18.1 Å². The topological polar surface area (TPSA) is 80.4 Å². The van der Waals surface area contributed by atoms with Crippen LogP contribution in [0.15, 0.2) is 29.5 Å². The highest BCUT2D eigenvalue weighted by atomic mass is 16.3. The minimum atomic E-state index is -0.759. The van der Waals surface area contributed by atoms with E-state index in [0.717, 1.165) is 5.69 Å².